The van der Waals surface area contributed by atoms with E-state index < -0.39 is 29.6 Å². The summed E-state index contributed by atoms with van der Waals surface area (Å²) in [6.07, 6.45) is -2.73. The number of hydrogen-bond donors (Lipinski definition) is 0. The van der Waals surface area contributed by atoms with Gasteiger partial charge >= 0.3 is 12.4 Å². The molecule has 0 radical (unpaired) electrons. The van der Waals surface area contributed by atoms with Gasteiger partial charge in [0.2, 0.25) is 0 Å². The molecular weight excluding hydrogens is 441 g/mol. The number of amides is 3. The largest absolute Gasteiger partial charge is 0.573 e. The Labute approximate surface area is 187 Å². The van der Waals surface area contributed by atoms with Gasteiger partial charge in [0.15, 0.2) is 0 Å². The SMILES string of the molecule is CC1CC12C(=O)N(c1ccc(OC(F)(F)F)cc1)C(=O)N2c1ccnc(N2CCOCC2)c1. The second-order valence-electron chi connectivity index (χ2n) is 8.30. The van der Waals surface area contributed by atoms with E-state index in [4.69, 9.17) is 4.74 Å². The van der Waals surface area contributed by atoms with Crippen LogP contribution >= 0.6 is 0 Å². The molecule has 1 aromatic carbocycles. The summed E-state index contributed by atoms with van der Waals surface area (Å²) in [7, 11) is 0. The fourth-order valence-electron chi connectivity index (χ4n) is 4.54. The quantitative estimate of drug-likeness (QED) is 0.647. The van der Waals surface area contributed by atoms with Crippen molar-refractivity contribution < 1.29 is 32.2 Å². The van der Waals surface area contributed by atoms with Gasteiger partial charge in [0.1, 0.15) is 17.1 Å². The Morgan fingerprint density at radius 1 is 1.09 bits per heavy atom. The summed E-state index contributed by atoms with van der Waals surface area (Å²) in [5.41, 5.74) is -0.279. The van der Waals surface area contributed by atoms with Crippen molar-refractivity contribution in [1.29, 1.82) is 0 Å². The summed E-state index contributed by atoms with van der Waals surface area (Å²) in [6.45, 7) is 4.39. The minimum absolute atomic E-state index is 0.0632. The fourth-order valence-corrected chi connectivity index (χ4v) is 4.54. The molecule has 33 heavy (non-hydrogen) atoms. The van der Waals surface area contributed by atoms with E-state index in [-0.39, 0.29) is 11.6 Å². The number of carbonyl (C=O) groups is 2. The first-order chi connectivity index (χ1) is 15.7. The molecule has 2 atom stereocenters. The maximum atomic E-state index is 13.5. The molecule has 2 aromatic rings. The average Bonchev–Trinajstić information content (AvgIpc) is 3.40. The van der Waals surface area contributed by atoms with Crippen LogP contribution in [0.1, 0.15) is 13.3 Å². The highest BCUT2D eigenvalue weighted by Gasteiger charge is 2.70. The number of imide groups is 1. The number of morpholine rings is 1. The average molecular weight is 462 g/mol. The molecule has 3 amide bonds. The highest BCUT2D eigenvalue weighted by Crippen LogP contribution is 2.55. The molecule has 11 heteroatoms. The Balaban J connectivity index is 1.46. The molecule has 0 bridgehead atoms. The number of ether oxygens (including phenoxy) is 2. The van der Waals surface area contributed by atoms with Gasteiger partial charge in [0.05, 0.1) is 24.6 Å². The van der Waals surface area contributed by atoms with Crippen LogP contribution in [0.15, 0.2) is 42.6 Å². The number of anilines is 3. The molecule has 174 valence electrons. The molecule has 2 aliphatic heterocycles. The first-order valence-electron chi connectivity index (χ1n) is 10.5. The van der Waals surface area contributed by atoms with Crippen LogP contribution in [0.5, 0.6) is 5.75 Å². The summed E-state index contributed by atoms with van der Waals surface area (Å²) < 4.78 is 46.7. The minimum atomic E-state index is -4.83. The second-order valence-corrected chi connectivity index (χ2v) is 8.30. The Bertz CT molecular complexity index is 1090. The molecule has 3 fully saturated rings. The van der Waals surface area contributed by atoms with Gasteiger partial charge in [-0.1, -0.05) is 6.92 Å². The van der Waals surface area contributed by atoms with Crippen molar-refractivity contribution in [3.05, 3.63) is 42.6 Å². The molecule has 0 N–H and O–H groups in total. The van der Waals surface area contributed by atoms with Crippen molar-refractivity contribution in [1.82, 2.24) is 4.98 Å². The summed E-state index contributed by atoms with van der Waals surface area (Å²) in [5.74, 6) is -0.200. The lowest BCUT2D eigenvalue weighted by Crippen LogP contribution is -2.40. The van der Waals surface area contributed by atoms with E-state index in [2.05, 4.69) is 14.6 Å². The van der Waals surface area contributed by atoms with E-state index in [9.17, 15) is 22.8 Å². The Morgan fingerprint density at radius 3 is 2.36 bits per heavy atom. The van der Waals surface area contributed by atoms with Gasteiger partial charge in [-0.2, -0.15) is 0 Å². The number of pyridine rings is 1. The predicted molar refractivity (Wildman–Crippen MR) is 112 cm³/mol. The van der Waals surface area contributed by atoms with E-state index in [1.165, 1.54) is 17.0 Å². The van der Waals surface area contributed by atoms with Gasteiger partial charge in [-0.3, -0.25) is 9.69 Å². The molecule has 2 saturated heterocycles. The Kier molecular flexibility index (Phi) is 4.96. The molecule has 3 aliphatic rings. The van der Waals surface area contributed by atoms with Gasteiger partial charge in [0, 0.05) is 25.4 Å². The van der Waals surface area contributed by atoms with Crippen molar-refractivity contribution in [2.24, 2.45) is 5.92 Å². The highest BCUT2D eigenvalue weighted by atomic mass is 19.4. The second kappa shape index (κ2) is 7.62. The number of carbonyl (C=O) groups excluding carboxylic acids is 2. The van der Waals surface area contributed by atoms with Crippen LogP contribution < -0.4 is 19.4 Å². The number of hydrogen-bond acceptors (Lipinski definition) is 6. The smallest absolute Gasteiger partial charge is 0.406 e. The van der Waals surface area contributed by atoms with Crippen molar-refractivity contribution in [2.45, 2.75) is 25.2 Å². The Morgan fingerprint density at radius 2 is 1.76 bits per heavy atom. The zero-order chi connectivity index (χ0) is 23.4. The molecule has 1 saturated carbocycles. The third-order valence-corrected chi connectivity index (χ3v) is 6.28. The monoisotopic (exact) mass is 462 g/mol. The van der Waals surface area contributed by atoms with Crippen molar-refractivity contribution in [3.8, 4) is 5.75 Å². The zero-order valence-electron chi connectivity index (χ0n) is 17.7. The molecule has 3 heterocycles. The van der Waals surface area contributed by atoms with Crippen molar-refractivity contribution >= 4 is 29.1 Å². The van der Waals surface area contributed by atoms with Crippen LogP contribution in [0.4, 0.5) is 35.2 Å². The highest BCUT2D eigenvalue weighted by molar-refractivity contribution is 6.31. The van der Waals surface area contributed by atoms with Crippen LogP contribution in [0.2, 0.25) is 0 Å². The third-order valence-electron chi connectivity index (χ3n) is 6.28. The summed E-state index contributed by atoms with van der Waals surface area (Å²) in [5, 5.41) is 0. The molecule has 1 aromatic heterocycles. The van der Waals surface area contributed by atoms with Crippen molar-refractivity contribution in [3.63, 3.8) is 0 Å². The Hall–Kier alpha value is -3.34. The summed E-state index contributed by atoms with van der Waals surface area (Å²) in [6, 6.07) is 7.63. The van der Waals surface area contributed by atoms with Crippen LogP contribution in [0.3, 0.4) is 0 Å². The van der Waals surface area contributed by atoms with E-state index in [0.717, 1.165) is 17.0 Å². The van der Waals surface area contributed by atoms with Crippen LogP contribution in [0.25, 0.3) is 0 Å². The predicted octanol–water partition coefficient (Wildman–Crippen LogP) is 3.57. The number of urea groups is 1. The summed E-state index contributed by atoms with van der Waals surface area (Å²) >= 11 is 0. The third kappa shape index (κ3) is 3.65. The van der Waals surface area contributed by atoms with Crippen LogP contribution in [-0.2, 0) is 9.53 Å². The van der Waals surface area contributed by atoms with Gasteiger partial charge in [-0.15, -0.1) is 13.2 Å². The zero-order valence-corrected chi connectivity index (χ0v) is 17.7. The first-order valence-corrected chi connectivity index (χ1v) is 10.5. The number of alkyl halides is 3. The molecule has 8 nitrogen and oxygen atoms in total. The number of halogens is 3. The summed E-state index contributed by atoms with van der Waals surface area (Å²) in [4.78, 5) is 35.9. The molecule has 5 rings (SSSR count). The normalized spacial score (nSPS) is 25.2. The number of nitrogens with zero attached hydrogens (tertiary/aromatic N) is 4. The van der Waals surface area contributed by atoms with Crippen LogP contribution in [0, 0.1) is 5.92 Å². The first kappa shape index (κ1) is 21.5. The maximum absolute atomic E-state index is 13.5. The standard InChI is InChI=1S/C22H21F3N4O4/c1-14-13-21(14)19(30)28(15-2-4-17(5-3-15)33-22(23,24)25)20(31)29(21)16-6-7-26-18(12-16)27-8-10-32-11-9-27/h2-7,12,14H,8-11,13H2,1H3. The lowest BCUT2D eigenvalue weighted by atomic mass is 10.1. The molecule has 1 spiro atoms. The van der Waals surface area contributed by atoms with E-state index in [1.807, 2.05) is 6.92 Å². The minimum Gasteiger partial charge on any atom is -0.406 e. The van der Waals surface area contributed by atoms with Crippen molar-refractivity contribution in [2.75, 3.05) is 41.0 Å². The van der Waals surface area contributed by atoms with E-state index in [1.54, 1.807) is 18.3 Å². The number of rotatable bonds is 4. The fraction of sp³-hybridized carbons (Fsp3) is 0.409. The number of aromatic nitrogens is 1. The van der Waals surface area contributed by atoms with E-state index in [0.29, 0.717) is 44.2 Å². The topological polar surface area (TPSA) is 75.2 Å². The van der Waals surface area contributed by atoms with Gasteiger partial charge in [-0.05, 0) is 42.7 Å². The maximum Gasteiger partial charge on any atom is 0.573 e. The van der Waals surface area contributed by atoms with E-state index >= 15 is 0 Å². The van der Waals surface area contributed by atoms with Gasteiger partial charge in [-0.25, -0.2) is 14.7 Å². The van der Waals surface area contributed by atoms with Gasteiger partial charge in [0.25, 0.3) is 5.91 Å². The van der Waals surface area contributed by atoms with Crippen LogP contribution in [-0.4, -0.2) is 55.1 Å². The number of benzene rings is 1. The van der Waals surface area contributed by atoms with Gasteiger partial charge < -0.3 is 14.4 Å². The lowest BCUT2D eigenvalue weighted by molar-refractivity contribution is -0.274. The molecule has 1 aliphatic carbocycles. The molecule has 2 unspecified atom stereocenters. The lowest BCUT2D eigenvalue weighted by Gasteiger charge is -2.29. The molecular formula is C22H21F3N4O4.